The van der Waals surface area contributed by atoms with Gasteiger partial charge < -0.3 is 0 Å². The van der Waals surface area contributed by atoms with Crippen molar-refractivity contribution in [3.05, 3.63) is 28.5 Å². The molecule has 1 nitrogen and oxygen atoms in total. The summed E-state index contributed by atoms with van der Waals surface area (Å²) in [6, 6.07) is 3.93. The van der Waals surface area contributed by atoms with E-state index in [9.17, 15) is 4.39 Å². The molecule has 0 aliphatic carbocycles. The van der Waals surface area contributed by atoms with Gasteiger partial charge >= 0.3 is 0 Å². The van der Waals surface area contributed by atoms with Crippen LogP contribution in [0.1, 0.15) is 19.0 Å². The molecule has 0 aromatic carbocycles. The smallest absolute Gasteiger partial charge is 0.0920 e. The summed E-state index contributed by atoms with van der Waals surface area (Å²) in [6.45, 7) is 1.68. The summed E-state index contributed by atoms with van der Waals surface area (Å²) in [5.41, 5.74) is 1.03. The van der Waals surface area contributed by atoms with Gasteiger partial charge in [-0.25, -0.2) is 0 Å². The molecule has 0 saturated carbocycles. The third-order valence-electron chi connectivity index (χ3n) is 1.95. The largest absolute Gasteiger partial charge is 0.260 e. The highest BCUT2D eigenvalue weighted by Gasteiger charge is 2.02. The van der Waals surface area contributed by atoms with Crippen LogP contribution in [0.3, 0.4) is 0 Å². The molecule has 3 heteroatoms. The molecule has 0 amide bonds. The van der Waals surface area contributed by atoms with Gasteiger partial charge in [0, 0.05) is 16.4 Å². The van der Waals surface area contributed by atoms with E-state index in [1.165, 1.54) is 0 Å². The van der Waals surface area contributed by atoms with Crippen molar-refractivity contribution in [2.75, 3.05) is 6.67 Å². The Hall–Kier alpha value is -0.440. The molecule has 0 aliphatic heterocycles. The van der Waals surface area contributed by atoms with Crippen molar-refractivity contribution in [1.29, 1.82) is 0 Å². The standard InChI is InChI=1S/C10H13BrFN/c1-8(6-12)2-4-10-5-3-9(11)7-13-10/h3,5,7-8H,2,4,6H2,1H3/t8-/m0/s1. The topological polar surface area (TPSA) is 12.9 Å². The summed E-state index contributed by atoms with van der Waals surface area (Å²) >= 11 is 3.32. The highest BCUT2D eigenvalue weighted by molar-refractivity contribution is 9.10. The quantitative estimate of drug-likeness (QED) is 0.793. The van der Waals surface area contributed by atoms with E-state index >= 15 is 0 Å². The number of halogens is 2. The molecule has 1 aromatic heterocycles. The van der Waals surface area contributed by atoms with Crippen molar-refractivity contribution in [3.63, 3.8) is 0 Å². The molecular weight excluding hydrogens is 233 g/mol. The van der Waals surface area contributed by atoms with Crippen LogP contribution in [0.15, 0.2) is 22.8 Å². The fourth-order valence-corrected chi connectivity index (χ4v) is 1.26. The third-order valence-corrected chi connectivity index (χ3v) is 2.41. The molecule has 1 rings (SSSR count). The van der Waals surface area contributed by atoms with Crippen LogP contribution < -0.4 is 0 Å². The molecule has 0 fully saturated rings. The molecular formula is C10H13BrFN. The molecule has 0 unspecified atom stereocenters. The number of hydrogen-bond acceptors (Lipinski definition) is 1. The van der Waals surface area contributed by atoms with E-state index in [2.05, 4.69) is 20.9 Å². The van der Waals surface area contributed by atoms with Crippen LogP contribution in [-0.2, 0) is 6.42 Å². The Kier molecular flexibility index (Phi) is 4.36. The summed E-state index contributed by atoms with van der Waals surface area (Å²) in [6.07, 6.45) is 3.50. The minimum atomic E-state index is -0.240. The van der Waals surface area contributed by atoms with E-state index in [-0.39, 0.29) is 12.6 Å². The van der Waals surface area contributed by atoms with E-state index in [1.807, 2.05) is 19.1 Å². The lowest BCUT2D eigenvalue weighted by Crippen LogP contribution is -2.00. The minimum absolute atomic E-state index is 0.144. The van der Waals surface area contributed by atoms with E-state index in [0.29, 0.717) is 0 Å². The van der Waals surface area contributed by atoms with Crippen molar-refractivity contribution >= 4 is 15.9 Å². The number of rotatable bonds is 4. The first-order valence-electron chi connectivity index (χ1n) is 4.38. The van der Waals surface area contributed by atoms with Crippen LogP contribution in [-0.4, -0.2) is 11.7 Å². The van der Waals surface area contributed by atoms with E-state index in [4.69, 9.17) is 0 Å². The maximum atomic E-state index is 12.1. The Bertz CT molecular complexity index is 248. The maximum Gasteiger partial charge on any atom is 0.0920 e. The second-order valence-corrected chi connectivity index (χ2v) is 4.18. The fourth-order valence-electron chi connectivity index (χ4n) is 1.03. The normalized spacial score (nSPS) is 12.8. The van der Waals surface area contributed by atoms with Gasteiger partial charge in [-0.15, -0.1) is 0 Å². The number of nitrogens with zero attached hydrogens (tertiary/aromatic N) is 1. The molecule has 1 atom stereocenters. The first-order chi connectivity index (χ1) is 6.22. The molecule has 13 heavy (non-hydrogen) atoms. The van der Waals surface area contributed by atoms with Crippen LogP contribution in [0.2, 0.25) is 0 Å². The minimum Gasteiger partial charge on any atom is -0.260 e. The van der Waals surface area contributed by atoms with E-state index < -0.39 is 0 Å². The Morgan fingerprint density at radius 1 is 1.54 bits per heavy atom. The Morgan fingerprint density at radius 3 is 2.85 bits per heavy atom. The van der Waals surface area contributed by atoms with Gasteiger partial charge in [-0.2, -0.15) is 0 Å². The molecule has 1 heterocycles. The summed E-state index contributed by atoms with van der Waals surface area (Å²) < 4.78 is 13.1. The number of alkyl halides is 1. The summed E-state index contributed by atoms with van der Waals surface area (Å²) in [5, 5.41) is 0. The number of pyridine rings is 1. The van der Waals surface area contributed by atoms with Gasteiger partial charge in [0.1, 0.15) is 0 Å². The monoisotopic (exact) mass is 245 g/mol. The Balaban J connectivity index is 2.41. The zero-order valence-electron chi connectivity index (χ0n) is 7.63. The average molecular weight is 246 g/mol. The average Bonchev–Trinajstić information content (AvgIpc) is 2.16. The molecule has 0 aliphatic rings. The van der Waals surface area contributed by atoms with Crippen LogP contribution in [0, 0.1) is 5.92 Å². The lowest BCUT2D eigenvalue weighted by molar-refractivity contribution is 0.365. The first-order valence-corrected chi connectivity index (χ1v) is 5.18. The van der Waals surface area contributed by atoms with Crippen LogP contribution in [0.25, 0.3) is 0 Å². The first kappa shape index (κ1) is 10.6. The Morgan fingerprint density at radius 2 is 2.31 bits per heavy atom. The van der Waals surface area contributed by atoms with Gasteiger partial charge in [0.15, 0.2) is 0 Å². The SMILES string of the molecule is C[C@H](CF)CCc1ccc(Br)cn1. The third kappa shape index (κ3) is 3.85. The zero-order valence-corrected chi connectivity index (χ0v) is 9.22. The molecule has 1 aromatic rings. The van der Waals surface area contributed by atoms with Crippen molar-refractivity contribution in [2.45, 2.75) is 19.8 Å². The number of hydrogen-bond donors (Lipinski definition) is 0. The summed E-state index contributed by atoms with van der Waals surface area (Å²) in [4.78, 5) is 4.22. The zero-order chi connectivity index (χ0) is 9.68. The van der Waals surface area contributed by atoms with Crippen molar-refractivity contribution in [1.82, 2.24) is 4.98 Å². The van der Waals surface area contributed by atoms with Crippen LogP contribution >= 0.6 is 15.9 Å². The Labute approximate surface area is 86.5 Å². The second kappa shape index (κ2) is 5.32. The molecule has 0 saturated heterocycles. The van der Waals surface area contributed by atoms with Gasteiger partial charge in [0.25, 0.3) is 0 Å². The van der Waals surface area contributed by atoms with Crippen molar-refractivity contribution < 1.29 is 4.39 Å². The molecule has 0 radical (unpaired) electrons. The lowest BCUT2D eigenvalue weighted by atomic mass is 10.1. The highest BCUT2D eigenvalue weighted by Crippen LogP contribution is 2.11. The molecule has 0 bridgehead atoms. The van der Waals surface area contributed by atoms with Crippen molar-refractivity contribution in [3.8, 4) is 0 Å². The van der Waals surface area contributed by atoms with Gasteiger partial charge in [0.2, 0.25) is 0 Å². The number of aryl methyl sites for hydroxylation is 1. The van der Waals surface area contributed by atoms with E-state index in [1.54, 1.807) is 6.20 Å². The van der Waals surface area contributed by atoms with Crippen LogP contribution in [0.4, 0.5) is 4.39 Å². The van der Waals surface area contributed by atoms with Gasteiger partial charge in [-0.05, 0) is 46.8 Å². The van der Waals surface area contributed by atoms with Crippen molar-refractivity contribution in [2.24, 2.45) is 5.92 Å². The number of aromatic nitrogens is 1. The summed E-state index contributed by atoms with van der Waals surface area (Å²) in [5.74, 6) is 0.144. The van der Waals surface area contributed by atoms with Gasteiger partial charge in [-0.1, -0.05) is 6.92 Å². The van der Waals surface area contributed by atoms with Crippen LogP contribution in [0.5, 0.6) is 0 Å². The summed E-state index contributed by atoms with van der Waals surface area (Å²) in [7, 11) is 0. The maximum absolute atomic E-state index is 12.1. The van der Waals surface area contributed by atoms with Gasteiger partial charge in [-0.3, -0.25) is 9.37 Å². The second-order valence-electron chi connectivity index (χ2n) is 3.27. The predicted octanol–water partition coefficient (Wildman–Crippen LogP) is 3.38. The fraction of sp³-hybridized carbons (Fsp3) is 0.500. The highest BCUT2D eigenvalue weighted by atomic mass is 79.9. The lowest BCUT2D eigenvalue weighted by Gasteiger charge is -2.05. The molecule has 0 spiro atoms. The molecule has 72 valence electrons. The van der Waals surface area contributed by atoms with E-state index in [0.717, 1.165) is 23.0 Å². The van der Waals surface area contributed by atoms with Gasteiger partial charge in [0.05, 0.1) is 6.67 Å². The molecule has 0 N–H and O–H groups in total. The predicted molar refractivity (Wildman–Crippen MR) is 55.4 cm³/mol.